The first-order chi connectivity index (χ1) is 9.11. The van der Waals surface area contributed by atoms with Crippen molar-refractivity contribution >= 4 is 5.97 Å². The largest absolute Gasteiger partial charge is 0.467 e. The molecule has 0 aliphatic carbocycles. The van der Waals surface area contributed by atoms with Crippen molar-refractivity contribution in [3.8, 4) is 0 Å². The summed E-state index contributed by atoms with van der Waals surface area (Å²) in [6.45, 7) is 4.71. The molecule has 0 radical (unpaired) electrons. The highest BCUT2D eigenvalue weighted by Gasteiger charge is 2.24. The third-order valence-electron chi connectivity index (χ3n) is 3.89. The molecular weight excluding hydrogens is 244 g/mol. The zero-order valence-corrected chi connectivity index (χ0v) is 11.6. The molecule has 1 aliphatic rings. The van der Waals surface area contributed by atoms with Gasteiger partial charge in [0.1, 0.15) is 11.3 Å². The minimum absolute atomic E-state index is 0.261. The molecule has 5 nitrogen and oxygen atoms in total. The van der Waals surface area contributed by atoms with Crippen molar-refractivity contribution in [3.63, 3.8) is 0 Å². The summed E-state index contributed by atoms with van der Waals surface area (Å²) in [6.07, 6.45) is 3.74. The number of methoxy groups -OCH3 is 1. The molecule has 2 rings (SSSR count). The zero-order chi connectivity index (χ0) is 13.8. The lowest BCUT2D eigenvalue weighted by molar-refractivity contribution is 0.0595. The van der Waals surface area contributed by atoms with Crippen LogP contribution in [0.1, 0.15) is 35.9 Å². The fraction of sp³-hybridized carbons (Fsp3) is 0.643. The Kier molecular flexibility index (Phi) is 4.61. The summed E-state index contributed by atoms with van der Waals surface area (Å²) in [5.41, 5.74) is 6.46. The number of ether oxygens (including phenoxy) is 1. The smallest absolute Gasteiger partial charge is 0.341 e. The molecule has 0 aromatic carbocycles. The van der Waals surface area contributed by atoms with Crippen LogP contribution in [0.3, 0.4) is 0 Å². The van der Waals surface area contributed by atoms with Crippen molar-refractivity contribution in [1.29, 1.82) is 0 Å². The van der Waals surface area contributed by atoms with Crippen LogP contribution in [0.2, 0.25) is 0 Å². The van der Waals surface area contributed by atoms with Crippen molar-refractivity contribution < 1.29 is 13.9 Å². The first kappa shape index (κ1) is 14.1. The van der Waals surface area contributed by atoms with E-state index in [0.29, 0.717) is 23.8 Å². The molecule has 1 unspecified atom stereocenters. The molecule has 0 spiro atoms. The number of piperidine rings is 1. The first-order valence-electron chi connectivity index (χ1n) is 6.74. The van der Waals surface area contributed by atoms with E-state index in [1.54, 1.807) is 6.07 Å². The Morgan fingerprint density at radius 3 is 2.84 bits per heavy atom. The number of nitrogens with two attached hydrogens (primary N) is 1. The van der Waals surface area contributed by atoms with Gasteiger partial charge < -0.3 is 14.9 Å². The standard InChI is InChI=1S/C14H22N2O3/c1-10(15)11-3-6-16(7-4-11)9-13-12(5-8-19-13)14(17)18-2/h5,8,10-11H,3-4,6-7,9,15H2,1-2H3. The second-order valence-corrected chi connectivity index (χ2v) is 5.22. The van der Waals surface area contributed by atoms with Gasteiger partial charge in [0, 0.05) is 6.04 Å². The van der Waals surface area contributed by atoms with Gasteiger partial charge in [-0.15, -0.1) is 0 Å². The van der Waals surface area contributed by atoms with E-state index in [0.717, 1.165) is 25.9 Å². The quantitative estimate of drug-likeness (QED) is 0.839. The molecule has 2 heterocycles. The van der Waals surface area contributed by atoms with E-state index in [1.165, 1.54) is 13.4 Å². The Morgan fingerprint density at radius 2 is 2.26 bits per heavy atom. The summed E-state index contributed by atoms with van der Waals surface area (Å²) in [5, 5.41) is 0. The minimum atomic E-state index is -0.339. The van der Waals surface area contributed by atoms with Gasteiger partial charge in [-0.1, -0.05) is 0 Å². The number of nitrogens with zero attached hydrogens (tertiary/aromatic N) is 1. The normalized spacial score (nSPS) is 19.3. The number of likely N-dealkylation sites (tertiary alicyclic amines) is 1. The molecule has 0 saturated carbocycles. The summed E-state index contributed by atoms with van der Waals surface area (Å²) in [5.74, 6) is 0.952. The Hall–Kier alpha value is -1.33. The van der Waals surface area contributed by atoms with Crippen LogP contribution in [0, 0.1) is 5.92 Å². The maximum atomic E-state index is 11.6. The predicted octanol–water partition coefficient (Wildman–Crippen LogP) is 1.63. The number of furan rings is 1. The molecule has 2 N–H and O–H groups in total. The summed E-state index contributed by atoms with van der Waals surface area (Å²) in [7, 11) is 1.38. The van der Waals surface area contributed by atoms with E-state index >= 15 is 0 Å². The predicted molar refractivity (Wildman–Crippen MR) is 71.7 cm³/mol. The van der Waals surface area contributed by atoms with Crippen molar-refractivity contribution in [2.45, 2.75) is 32.4 Å². The fourth-order valence-corrected chi connectivity index (χ4v) is 2.59. The highest BCUT2D eigenvalue weighted by Crippen LogP contribution is 2.22. The number of hydrogen-bond acceptors (Lipinski definition) is 5. The van der Waals surface area contributed by atoms with E-state index in [1.807, 2.05) is 0 Å². The fourth-order valence-electron chi connectivity index (χ4n) is 2.59. The highest BCUT2D eigenvalue weighted by molar-refractivity contribution is 5.90. The third-order valence-corrected chi connectivity index (χ3v) is 3.89. The maximum absolute atomic E-state index is 11.6. The van der Waals surface area contributed by atoms with Crippen LogP contribution in [-0.4, -0.2) is 37.1 Å². The molecule has 5 heteroatoms. The second kappa shape index (κ2) is 6.21. The van der Waals surface area contributed by atoms with Gasteiger partial charge in [0.25, 0.3) is 0 Å². The molecule has 1 aliphatic heterocycles. The first-order valence-corrected chi connectivity index (χ1v) is 6.74. The number of carbonyl (C=O) groups is 1. The summed E-state index contributed by atoms with van der Waals surface area (Å²) >= 11 is 0. The maximum Gasteiger partial charge on any atom is 0.341 e. The molecule has 1 aromatic rings. The van der Waals surface area contributed by atoms with Crippen molar-refractivity contribution in [1.82, 2.24) is 4.90 Å². The summed E-state index contributed by atoms with van der Waals surface area (Å²) < 4.78 is 10.1. The van der Waals surface area contributed by atoms with Gasteiger partial charge in [0.15, 0.2) is 0 Å². The molecule has 1 saturated heterocycles. The number of rotatable bonds is 4. The second-order valence-electron chi connectivity index (χ2n) is 5.22. The topological polar surface area (TPSA) is 68.7 Å². The third kappa shape index (κ3) is 3.36. The Labute approximate surface area is 113 Å². The monoisotopic (exact) mass is 266 g/mol. The molecular formula is C14H22N2O3. The van der Waals surface area contributed by atoms with Gasteiger partial charge >= 0.3 is 5.97 Å². The van der Waals surface area contributed by atoms with Crippen LogP contribution in [-0.2, 0) is 11.3 Å². The molecule has 1 aromatic heterocycles. The van der Waals surface area contributed by atoms with Crippen LogP contribution in [0.5, 0.6) is 0 Å². The molecule has 1 fully saturated rings. The highest BCUT2D eigenvalue weighted by atomic mass is 16.5. The lowest BCUT2D eigenvalue weighted by atomic mass is 9.91. The van der Waals surface area contributed by atoms with Crippen LogP contribution in [0.4, 0.5) is 0 Å². The molecule has 1 atom stereocenters. The van der Waals surface area contributed by atoms with Gasteiger partial charge in [-0.25, -0.2) is 4.79 Å². The van der Waals surface area contributed by atoms with E-state index in [2.05, 4.69) is 11.8 Å². The van der Waals surface area contributed by atoms with E-state index in [4.69, 9.17) is 14.9 Å². The average Bonchev–Trinajstić information content (AvgIpc) is 2.86. The van der Waals surface area contributed by atoms with Gasteiger partial charge in [-0.2, -0.15) is 0 Å². The number of esters is 1. The molecule has 0 bridgehead atoms. The number of hydrogen-bond donors (Lipinski definition) is 1. The van der Waals surface area contributed by atoms with Crippen LogP contribution in [0.15, 0.2) is 16.7 Å². The van der Waals surface area contributed by atoms with Crippen LogP contribution in [0.25, 0.3) is 0 Å². The van der Waals surface area contributed by atoms with Crippen molar-refractivity contribution in [2.75, 3.05) is 20.2 Å². The molecule has 0 amide bonds. The minimum Gasteiger partial charge on any atom is -0.467 e. The van der Waals surface area contributed by atoms with Crippen LogP contribution < -0.4 is 5.73 Å². The molecule has 106 valence electrons. The SMILES string of the molecule is COC(=O)c1ccoc1CN1CCC(C(C)N)CC1. The van der Waals surface area contributed by atoms with Gasteiger partial charge in [0.2, 0.25) is 0 Å². The summed E-state index contributed by atoms with van der Waals surface area (Å²) in [4.78, 5) is 13.9. The van der Waals surface area contributed by atoms with Gasteiger partial charge in [0.05, 0.1) is 19.9 Å². The number of carbonyl (C=O) groups excluding carboxylic acids is 1. The Balaban J connectivity index is 1.93. The Bertz CT molecular complexity index is 420. The van der Waals surface area contributed by atoms with Gasteiger partial charge in [-0.05, 0) is 44.8 Å². The lowest BCUT2D eigenvalue weighted by Crippen LogP contribution is -2.39. The van der Waals surface area contributed by atoms with Crippen molar-refractivity contribution in [2.24, 2.45) is 11.7 Å². The zero-order valence-electron chi connectivity index (χ0n) is 11.6. The molecule has 19 heavy (non-hydrogen) atoms. The lowest BCUT2D eigenvalue weighted by Gasteiger charge is -2.33. The van der Waals surface area contributed by atoms with Crippen LogP contribution >= 0.6 is 0 Å². The van der Waals surface area contributed by atoms with Gasteiger partial charge in [-0.3, -0.25) is 4.90 Å². The summed E-state index contributed by atoms with van der Waals surface area (Å²) in [6, 6.07) is 1.92. The van der Waals surface area contributed by atoms with Crippen molar-refractivity contribution in [3.05, 3.63) is 23.7 Å². The Morgan fingerprint density at radius 1 is 1.58 bits per heavy atom. The van der Waals surface area contributed by atoms with E-state index < -0.39 is 0 Å². The van der Waals surface area contributed by atoms with E-state index in [9.17, 15) is 4.79 Å². The van der Waals surface area contributed by atoms with E-state index in [-0.39, 0.29) is 12.0 Å². The average molecular weight is 266 g/mol.